The van der Waals surface area contributed by atoms with Crippen LogP contribution in [0.25, 0.3) is 0 Å². The summed E-state index contributed by atoms with van der Waals surface area (Å²) in [6, 6.07) is 3.23. The first-order valence-electron chi connectivity index (χ1n) is 8.49. The van der Waals surface area contributed by atoms with E-state index in [0.717, 1.165) is 25.8 Å². The number of piperidine rings is 1. The molecule has 2 heterocycles. The summed E-state index contributed by atoms with van der Waals surface area (Å²) in [6.07, 6.45) is 4.43. The molecule has 1 atom stereocenters. The Bertz CT molecular complexity index is 556. The Morgan fingerprint density at radius 2 is 2.08 bits per heavy atom. The van der Waals surface area contributed by atoms with Gasteiger partial charge in [-0.15, -0.1) is 0 Å². The van der Waals surface area contributed by atoms with Crippen molar-refractivity contribution in [1.29, 1.82) is 0 Å². The lowest BCUT2D eigenvalue weighted by molar-refractivity contribution is -0.135. The van der Waals surface area contributed by atoms with E-state index >= 15 is 0 Å². The molecule has 3 amide bonds. The number of nitrogens with zero attached hydrogens (tertiary/aromatic N) is 1. The van der Waals surface area contributed by atoms with Crippen LogP contribution < -0.4 is 10.6 Å². The van der Waals surface area contributed by atoms with Crippen LogP contribution in [0.3, 0.4) is 0 Å². The number of rotatable bonds is 7. The molecule has 0 aromatic carbocycles. The van der Waals surface area contributed by atoms with Gasteiger partial charge in [0.05, 0.1) is 12.2 Å². The molecule has 1 aromatic rings. The van der Waals surface area contributed by atoms with Crippen molar-refractivity contribution in [3.8, 4) is 0 Å². The van der Waals surface area contributed by atoms with Gasteiger partial charge in [0.25, 0.3) is 5.91 Å². The third-order valence-corrected chi connectivity index (χ3v) is 4.06. The molecule has 2 N–H and O–H groups in total. The highest BCUT2D eigenvalue weighted by atomic mass is 16.3. The first kappa shape index (κ1) is 18.0. The van der Waals surface area contributed by atoms with Crippen LogP contribution in [0, 0.1) is 5.92 Å². The Balaban J connectivity index is 1.68. The molecule has 0 aliphatic carbocycles. The smallest absolute Gasteiger partial charge is 0.287 e. The van der Waals surface area contributed by atoms with E-state index in [1.165, 1.54) is 6.26 Å². The highest BCUT2D eigenvalue weighted by molar-refractivity contribution is 5.91. The second-order valence-corrected chi connectivity index (χ2v) is 5.95. The summed E-state index contributed by atoms with van der Waals surface area (Å²) in [6.45, 7) is 3.88. The first-order chi connectivity index (χ1) is 11.6. The maximum atomic E-state index is 12.2. The third kappa shape index (κ3) is 5.11. The van der Waals surface area contributed by atoms with Crippen molar-refractivity contribution in [2.24, 2.45) is 5.92 Å². The van der Waals surface area contributed by atoms with E-state index in [1.54, 1.807) is 17.0 Å². The van der Waals surface area contributed by atoms with Gasteiger partial charge in [-0.25, -0.2) is 0 Å². The van der Waals surface area contributed by atoms with Crippen molar-refractivity contribution in [1.82, 2.24) is 15.5 Å². The van der Waals surface area contributed by atoms with E-state index in [1.807, 2.05) is 6.92 Å². The SMILES string of the molecule is CCCC(=O)N1CCCC(C(=O)NCCNC(=O)c2ccco2)C1. The van der Waals surface area contributed by atoms with E-state index in [0.29, 0.717) is 26.1 Å². The topological polar surface area (TPSA) is 91.7 Å². The van der Waals surface area contributed by atoms with Crippen molar-refractivity contribution in [3.63, 3.8) is 0 Å². The Morgan fingerprint density at radius 1 is 1.29 bits per heavy atom. The van der Waals surface area contributed by atoms with Gasteiger partial charge in [-0.2, -0.15) is 0 Å². The van der Waals surface area contributed by atoms with Crippen LogP contribution in [0.1, 0.15) is 43.2 Å². The molecule has 0 bridgehead atoms. The Hall–Kier alpha value is -2.31. The number of furan rings is 1. The number of likely N-dealkylation sites (tertiary alicyclic amines) is 1. The minimum Gasteiger partial charge on any atom is -0.459 e. The lowest BCUT2D eigenvalue weighted by Gasteiger charge is -2.32. The summed E-state index contributed by atoms with van der Waals surface area (Å²) < 4.78 is 4.99. The predicted molar refractivity (Wildman–Crippen MR) is 88.3 cm³/mol. The van der Waals surface area contributed by atoms with E-state index in [-0.39, 0.29) is 29.4 Å². The van der Waals surface area contributed by atoms with Gasteiger partial charge in [-0.05, 0) is 31.4 Å². The van der Waals surface area contributed by atoms with Crippen molar-refractivity contribution in [3.05, 3.63) is 24.2 Å². The minimum absolute atomic E-state index is 0.0590. The molecule has 0 radical (unpaired) electrons. The van der Waals surface area contributed by atoms with Crippen molar-refractivity contribution in [2.45, 2.75) is 32.6 Å². The molecule has 1 aliphatic rings. The number of nitrogens with one attached hydrogen (secondary N) is 2. The largest absolute Gasteiger partial charge is 0.459 e. The van der Waals surface area contributed by atoms with Gasteiger partial charge >= 0.3 is 0 Å². The average Bonchev–Trinajstić information content (AvgIpc) is 3.13. The summed E-state index contributed by atoms with van der Waals surface area (Å²) in [5.41, 5.74) is 0. The van der Waals surface area contributed by atoms with Crippen LogP contribution in [-0.2, 0) is 9.59 Å². The Labute approximate surface area is 141 Å². The van der Waals surface area contributed by atoms with Crippen LogP contribution in [-0.4, -0.2) is 48.8 Å². The van der Waals surface area contributed by atoms with E-state index in [9.17, 15) is 14.4 Å². The normalized spacial score (nSPS) is 17.4. The molecule has 132 valence electrons. The van der Waals surface area contributed by atoms with Crippen molar-refractivity contribution in [2.75, 3.05) is 26.2 Å². The Kier molecular flexibility index (Phi) is 6.84. The third-order valence-electron chi connectivity index (χ3n) is 4.06. The molecule has 1 unspecified atom stereocenters. The second-order valence-electron chi connectivity index (χ2n) is 5.95. The van der Waals surface area contributed by atoms with Crippen LogP contribution in [0.15, 0.2) is 22.8 Å². The predicted octanol–water partition coefficient (Wildman–Crippen LogP) is 1.16. The quantitative estimate of drug-likeness (QED) is 0.732. The van der Waals surface area contributed by atoms with Crippen molar-refractivity contribution >= 4 is 17.7 Å². The maximum absolute atomic E-state index is 12.2. The van der Waals surface area contributed by atoms with Crippen molar-refractivity contribution < 1.29 is 18.8 Å². The molecule has 0 saturated carbocycles. The van der Waals surface area contributed by atoms with E-state index < -0.39 is 0 Å². The molecule has 1 aromatic heterocycles. The fourth-order valence-corrected chi connectivity index (χ4v) is 2.79. The van der Waals surface area contributed by atoms with Gasteiger partial charge in [-0.1, -0.05) is 6.92 Å². The fourth-order valence-electron chi connectivity index (χ4n) is 2.79. The Morgan fingerprint density at radius 3 is 2.79 bits per heavy atom. The monoisotopic (exact) mass is 335 g/mol. The molecule has 24 heavy (non-hydrogen) atoms. The second kappa shape index (κ2) is 9.10. The zero-order chi connectivity index (χ0) is 17.4. The summed E-state index contributed by atoms with van der Waals surface area (Å²) in [7, 11) is 0. The van der Waals surface area contributed by atoms with Crippen LogP contribution in [0.5, 0.6) is 0 Å². The van der Waals surface area contributed by atoms with Crippen LogP contribution in [0.2, 0.25) is 0 Å². The number of carbonyl (C=O) groups is 3. The lowest BCUT2D eigenvalue weighted by atomic mass is 9.97. The van der Waals surface area contributed by atoms with Gasteiger partial charge in [0.15, 0.2) is 5.76 Å². The number of hydrogen-bond acceptors (Lipinski definition) is 4. The molecule has 1 aliphatic heterocycles. The highest BCUT2D eigenvalue weighted by Crippen LogP contribution is 2.17. The molecule has 7 heteroatoms. The first-order valence-corrected chi connectivity index (χ1v) is 8.49. The van der Waals surface area contributed by atoms with Gasteiger partial charge in [0.2, 0.25) is 11.8 Å². The van der Waals surface area contributed by atoms with Gasteiger partial charge in [0.1, 0.15) is 0 Å². The van der Waals surface area contributed by atoms with E-state index in [4.69, 9.17) is 4.42 Å². The van der Waals surface area contributed by atoms with Gasteiger partial charge in [0, 0.05) is 32.6 Å². The highest BCUT2D eigenvalue weighted by Gasteiger charge is 2.27. The van der Waals surface area contributed by atoms with Crippen LogP contribution in [0.4, 0.5) is 0 Å². The molecule has 1 saturated heterocycles. The maximum Gasteiger partial charge on any atom is 0.287 e. The summed E-state index contributed by atoms with van der Waals surface area (Å²) >= 11 is 0. The fraction of sp³-hybridized carbons (Fsp3) is 0.588. The number of hydrogen-bond donors (Lipinski definition) is 2. The lowest BCUT2D eigenvalue weighted by Crippen LogP contribution is -2.46. The van der Waals surface area contributed by atoms with Gasteiger partial charge < -0.3 is 20.0 Å². The molecule has 1 fully saturated rings. The molecule has 7 nitrogen and oxygen atoms in total. The summed E-state index contributed by atoms with van der Waals surface area (Å²) in [5, 5.41) is 5.50. The standard InChI is InChI=1S/C17H25N3O4/c1-2-5-15(21)20-10-3-6-13(12-20)16(22)18-8-9-19-17(23)14-7-4-11-24-14/h4,7,11,13H,2-3,5-6,8-10,12H2,1H3,(H,18,22)(H,19,23). The zero-order valence-electron chi connectivity index (χ0n) is 14.0. The van der Waals surface area contributed by atoms with E-state index in [2.05, 4.69) is 10.6 Å². The molecular weight excluding hydrogens is 310 g/mol. The van der Waals surface area contributed by atoms with Gasteiger partial charge in [-0.3, -0.25) is 14.4 Å². The number of carbonyl (C=O) groups excluding carboxylic acids is 3. The minimum atomic E-state index is -0.303. The summed E-state index contributed by atoms with van der Waals surface area (Å²) in [4.78, 5) is 37.6. The number of amides is 3. The molecular formula is C17H25N3O4. The molecule has 0 spiro atoms. The summed E-state index contributed by atoms with van der Waals surface area (Å²) in [5.74, 6) is -0.153. The van der Waals surface area contributed by atoms with Crippen LogP contribution >= 0.6 is 0 Å². The molecule has 2 rings (SSSR count). The zero-order valence-corrected chi connectivity index (χ0v) is 14.0. The average molecular weight is 335 g/mol.